The Labute approximate surface area is 112 Å². The molecular weight excluding hydrogens is 248 g/mol. The first kappa shape index (κ1) is 15.2. The van der Waals surface area contributed by atoms with Gasteiger partial charge in [0.25, 0.3) is 0 Å². The molecule has 6 heteroatoms. The van der Waals surface area contributed by atoms with Gasteiger partial charge in [0.05, 0.1) is 32.2 Å². The lowest BCUT2D eigenvalue weighted by Gasteiger charge is -2.18. The van der Waals surface area contributed by atoms with Crippen molar-refractivity contribution in [3.63, 3.8) is 0 Å². The molecule has 0 bridgehead atoms. The van der Waals surface area contributed by atoms with Crippen LogP contribution in [0.15, 0.2) is 12.4 Å². The molecule has 106 valence electrons. The maximum Gasteiger partial charge on any atom is 0.303 e. The van der Waals surface area contributed by atoms with Gasteiger partial charge in [-0.2, -0.15) is 0 Å². The van der Waals surface area contributed by atoms with Crippen molar-refractivity contribution in [3.8, 4) is 11.5 Å². The quantitative estimate of drug-likeness (QED) is 0.697. The molecule has 19 heavy (non-hydrogen) atoms. The zero-order valence-electron chi connectivity index (χ0n) is 11.3. The van der Waals surface area contributed by atoms with Gasteiger partial charge in [0.1, 0.15) is 11.5 Å². The smallest absolute Gasteiger partial charge is 0.303 e. The van der Waals surface area contributed by atoms with Crippen LogP contribution in [0.5, 0.6) is 11.5 Å². The van der Waals surface area contributed by atoms with E-state index < -0.39 is 5.97 Å². The van der Waals surface area contributed by atoms with Crippen LogP contribution in [0.25, 0.3) is 0 Å². The molecule has 0 radical (unpaired) electrons. The number of aromatic nitrogens is 1. The van der Waals surface area contributed by atoms with Crippen LogP contribution in [0.3, 0.4) is 0 Å². The fourth-order valence-corrected chi connectivity index (χ4v) is 1.91. The van der Waals surface area contributed by atoms with E-state index >= 15 is 0 Å². The van der Waals surface area contributed by atoms with Crippen LogP contribution >= 0.6 is 0 Å². The minimum Gasteiger partial charge on any atom is -0.495 e. The molecule has 1 aromatic heterocycles. The van der Waals surface area contributed by atoms with Crippen molar-refractivity contribution < 1.29 is 19.4 Å². The van der Waals surface area contributed by atoms with Crippen molar-refractivity contribution in [2.24, 2.45) is 5.73 Å². The molecule has 0 fully saturated rings. The lowest BCUT2D eigenvalue weighted by molar-refractivity contribution is -0.137. The molecule has 0 spiro atoms. The summed E-state index contributed by atoms with van der Waals surface area (Å²) in [5.41, 5.74) is 6.90. The molecular formula is C13H20N2O4. The Bertz CT molecular complexity index is 401. The third-order valence-corrected chi connectivity index (χ3v) is 2.88. The van der Waals surface area contributed by atoms with Crippen LogP contribution in [0.4, 0.5) is 0 Å². The first-order chi connectivity index (χ1) is 9.10. The number of nitrogens with zero attached hydrogens (tertiary/aromatic N) is 1. The SMILES string of the molecule is COc1cncc(OC)c1C(N)CCCCC(=O)O. The van der Waals surface area contributed by atoms with Crippen molar-refractivity contribution in [2.75, 3.05) is 14.2 Å². The second-order valence-corrected chi connectivity index (χ2v) is 4.20. The van der Waals surface area contributed by atoms with Gasteiger partial charge >= 0.3 is 5.97 Å². The Morgan fingerprint density at radius 3 is 2.37 bits per heavy atom. The van der Waals surface area contributed by atoms with Gasteiger partial charge in [-0.1, -0.05) is 6.42 Å². The van der Waals surface area contributed by atoms with Crippen molar-refractivity contribution in [1.82, 2.24) is 4.98 Å². The van der Waals surface area contributed by atoms with Gasteiger partial charge in [0.15, 0.2) is 0 Å². The first-order valence-electron chi connectivity index (χ1n) is 6.13. The summed E-state index contributed by atoms with van der Waals surface area (Å²) in [6, 6.07) is -0.262. The van der Waals surface area contributed by atoms with E-state index in [-0.39, 0.29) is 12.5 Å². The summed E-state index contributed by atoms with van der Waals surface area (Å²) in [7, 11) is 3.11. The van der Waals surface area contributed by atoms with E-state index in [0.717, 1.165) is 12.0 Å². The summed E-state index contributed by atoms with van der Waals surface area (Å²) in [4.78, 5) is 14.4. The maximum atomic E-state index is 10.4. The summed E-state index contributed by atoms with van der Waals surface area (Å²) in [5, 5.41) is 8.58. The molecule has 0 aliphatic carbocycles. The second kappa shape index (κ2) is 7.58. The Balaban J connectivity index is 2.69. The largest absolute Gasteiger partial charge is 0.495 e. The number of carboxylic acid groups (broad SMARTS) is 1. The highest BCUT2D eigenvalue weighted by molar-refractivity contribution is 5.66. The number of carboxylic acids is 1. The average molecular weight is 268 g/mol. The lowest BCUT2D eigenvalue weighted by Crippen LogP contribution is -2.13. The molecule has 0 aliphatic heterocycles. The standard InChI is InChI=1S/C13H20N2O4/c1-18-10-7-15-8-11(19-2)13(10)9(14)5-3-4-6-12(16)17/h7-9H,3-6,14H2,1-2H3,(H,16,17). The zero-order chi connectivity index (χ0) is 14.3. The van der Waals surface area contributed by atoms with Gasteiger partial charge in [0.2, 0.25) is 0 Å². The van der Waals surface area contributed by atoms with Crippen LogP contribution in [0, 0.1) is 0 Å². The Kier molecular flexibility index (Phi) is 6.08. The van der Waals surface area contributed by atoms with Gasteiger partial charge in [-0.25, -0.2) is 0 Å². The number of aliphatic carboxylic acids is 1. The number of methoxy groups -OCH3 is 2. The van der Waals surface area contributed by atoms with Crippen molar-refractivity contribution in [1.29, 1.82) is 0 Å². The number of unbranched alkanes of at least 4 members (excludes halogenated alkanes) is 1. The van der Waals surface area contributed by atoms with Crippen LogP contribution in [-0.2, 0) is 4.79 Å². The normalized spacial score (nSPS) is 11.9. The average Bonchev–Trinajstić information content (AvgIpc) is 2.42. The molecule has 0 saturated heterocycles. The van der Waals surface area contributed by atoms with Crippen LogP contribution in [0.1, 0.15) is 37.3 Å². The summed E-state index contributed by atoms with van der Waals surface area (Å²) < 4.78 is 10.5. The molecule has 1 heterocycles. The van der Waals surface area contributed by atoms with E-state index in [0.29, 0.717) is 24.3 Å². The second-order valence-electron chi connectivity index (χ2n) is 4.20. The van der Waals surface area contributed by atoms with Gasteiger partial charge in [-0.05, 0) is 12.8 Å². The van der Waals surface area contributed by atoms with Crippen molar-refractivity contribution in [3.05, 3.63) is 18.0 Å². The minimum absolute atomic E-state index is 0.164. The lowest BCUT2D eigenvalue weighted by atomic mass is 10.0. The molecule has 6 nitrogen and oxygen atoms in total. The molecule has 0 amide bonds. The van der Waals surface area contributed by atoms with Gasteiger partial charge in [-0.3, -0.25) is 9.78 Å². The van der Waals surface area contributed by atoms with Crippen molar-refractivity contribution in [2.45, 2.75) is 31.7 Å². The molecule has 1 aromatic rings. The highest BCUT2D eigenvalue weighted by atomic mass is 16.5. The van der Waals surface area contributed by atoms with Crippen molar-refractivity contribution >= 4 is 5.97 Å². The Hall–Kier alpha value is -1.82. The zero-order valence-corrected chi connectivity index (χ0v) is 11.3. The topological polar surface area (TPSA) is 94.7 Å². The molecule has 1 rings (SSSR count). The monoisotopic (exact) mass is 268 g/mol. The van der Waals surface area contributed by atoms with Crippen LogP contribution in [0.2, 0.25) is 0 Å². The number of rotatable bonds is 8. The number of pyridine rings is 1. The van der Waals surface area contributed by atoms with Gasteiger partial charge in [0, 0.05) is 12.5 Å². The summed E-state index contributed by atoms with van der Waals surface area (Å²) in [5.74, 6) is 0.391. The molecule has 1 atom stereocenters. The summed E-state index contributed by atoms with van der Waals surface area (Å²) in [6.45, 7) is 0. The highest BCUT2D eigenvalue weighted by Crippen LogP contribution is 2.33. The third-order valence-electron chi connectivity index (χ3n) is 2.88. The van der Waals surface area contributed by atoms with E-state index in [9.17, 15) is 4.79 Å². The number of carbonyl (C=O) groups is 1. The van der Waals surface area contributed by atoms with E-state index in [1.807, 2.05) is 0 Å². The first-order valence-corrected chi connectivity index (χ1v) is 6.13. The predicted molar refractivity (Wildman–Crippen MR) is 70.4 cm³/mol. The van der Waals surface area contributed by atoms with Crippen LogP contribution in [-0.4, -0.2) is 30.3 Å². The molecule has 0 saturated carbocycles. The third kappa shape index (κ3) is 4.40. The Morgan fingerprint density at radius 1 is 1.32 bits per heavy atom. The fraction of sp³-hybridized carbons (Fsp3) is 0.538. The Morgan fingerprint density at radius 2 is 1.89 bits per heavy atom. The molecule has 3 N–H and O–H groups in total. The number of ether oxygens (including phenoxy) is 2. The van der Waals surface area contributed by atoms with E-state index in [1.165, 1.54) is 0 Å². The molecule has 1 unspecified atom stereocenters. The number of hydrogen-bond acceptors (Lipinski definition) is 5. The number of hydrogen-bond donors (Lipinski definition) is 2. The van der Waals surface area contributed by atoms with Gasteiger partial charge in [-0.15, -0.1) is 0 Å². The summed E-state index contributed by atoms with van der Waals surface area (Å²) >= 11 is 0. The van der Waals surface area contributed by atoms with E-state index in [2.05, 4.69) is 4.98 Å². The minimum atomic E-state index is -0.785. The summed E-state index contributed by atoms with van der Waals surface area (Å²) in [6.07, 6.45) is 5.37. The van der Waals surface area contributed by atoms with Gasteiger partial charge < -0.3 is 20.3 Å². The molecule has 0 aromatic carbocycles. The van der Waals surface area contributed by atoms with E-state index in [4.69, 9.17) is 20.3 Å². The van der Waals surface area contributed by atoms with Crippen LogP contribution < -0.4 is 15.2 Å². The number of nitrogens with two attached hydrogens (primary N) is 1. The highest BCUT2D eigenvalue weighted by Gasteiger charge is 2.17. The maximum absolute atomic E-state index is 10.4. The van der Waals surface area contributed by atoms with E-state index in [1.54, 1.807) is 26.6 Å². The predicted octanol–water partition coefficient (Wildman–Crippen LogP) is 1.74. The fourth-order valence-electron chi connectivity index (χ4n) is 1.91. The molecule has 0 aliphatic rings.